The van der Waals surface area contributed by atoms with Crippen LogP contribution in [0.15, 0.2) is 0 Å². The maximum atomic E-state index is 9.09. The van der Waals surface area contributed by atoms with E-state index in [-0.39, 0.29) is 5.54 Å². The van der Waals surface area contributed by atoms with E-state index in [2.05, 4.69) is 44.8 Å². The van der Waals surface area contributed by atoms with Gasteiger partial charge in [0.25, 0.3) is 0 Å². The zero-order valence-corrected chi connectivity index (χ0v) is 14.3. The van der Waals surface area contributed by atoms with Crippen molar-refractivity contribution in [3.05, 3.63) is 0 Å². The van der Waals surface area contributed by atoms with E-state index in [9.17, 15) is 0 Å². The Morgan fingerprint density at radius 1 is 1.20 bits per heavy atom. The second-order valence-electron chi connectivity index (χ2n) is 7.95. The highest BCUT2D eigenvalue weighted by atomic mass is 16.3. The first-order valence-electron chi connectivity index (χ1n) is 8.38. The summed E-state index contributed by atoms with van der Waals surface area (Å²) in [5.41, 5.74) is 0.635. The summed E-state index contributed by atoms with van der Waals surface area (Å²) >= 11 is 0. The SMILES string of the molecule is CC(C)N(CCCO)CC1(CNC(C)(C)C)CCCC1. The Labute approximate surface area is 126 Å². The third-order valence-electron chi connectivity index (χ3n) is 4.53. The lowest BCUT2D eigenvalue weighted by Crippen LogP contribution is -2.49. The van der Waals surface area contributed by atoms with E-state index in [1.807, 2.05) is 0 Å². The minimum atomic E-state index is 0.198. The molecule has 0 atom stereocenters. The summed E-state index contributed by atoms with van der Waals surface area (Å²) in [7, 11) is 0. The molecule has 0 saturated heterocycles. The first-order valence-corrected chi connectivity index (χ1v) is 8.38. The van der Waals surface area contributed by atoms with Gasteiger partial charge in [0.1, 0.15) is 0 Å². The normalized spacial score (nSPS) is 19.2. The topological polar surface area (TPSA) is 35.5 Å². The van der Waals surface area contributed by atoms with Gasteiger partial charge in [-0.05, 0) is 59.3 Å². The second-order valence-corrected chi connectivity index (χ2v) is 7.95. The van der Waals surface area contributed by atoms with Gasteiger partial charge in [-0.25, -0.2) is 0 Å². The molecule has 1 saturated carbocycles. The molecule has 2 N–H and O–H groups in total. The number of nitrogens with zero attached hydrogens (tertiary/aromatic N) is 1. The Morgan fingerprint density at radius 2 is 1.80 bits per heavy atom. The van der Waals surface area contributed by atoms with Gasteiger partial charge < -0.3 is 15.3 Å². The highest BCUT2D eigenvalue weighted by Crippen LogP contribution is 2.39. The van der Waals surface area contributed by atoms with E-state index >= 15 is 0 Å². The zero-order valence-electron chi connectivity index (χ0n) is 14.3. The average Bonchev–Trinajstić information content (AvgIpc) is 2.80. The quantitative estimate of drug-likeness (QED) is 0.719. The van der Waals surface area contributed by atoms with Crippen molar-refractivity contribution >= 4 is 0 Å². The number of nitrogens with one attached hydrogen (secondary N) is 1. The van der Waals surface area contributed by atoms with Crippen LogP contribution in [0.2, 0.25) is 0 Å². The summed E-state index contributed by atoms with van der Waals surface area (Å²) in [6.07, 6.45) is 6.33. The maximum Gasteiger partial charge on any atom is 0.0443 e. The van der Waals surface area contributed by atoms with Crippen molar-refractivity contribution < 1.29 is 5.11 Å². The number of hydrogen-bond acceptors (Lipinski definition) is 3. The smallest absolute Gasteiger partial charge is 0.0443 e. The van der Waals surface area contributed by atoms with Gasteiger partial charge in [0.2, 0.25) is 0 Å². The van der Waals surface area contributed by atoms with Gasteiger partial charge in [-0.2, -0.15) is 0 Å². The Bertz CT molecular complexity index is 265. The highest BCUT2D eigenvalue weighted by molar-refractivity contribution is 4.91. The second kappa shape index (κ2) is 7.77. The number of rotatable bonds is 8. The van der Waals surface area contributed by atoms with Crippen molar-refractivity contribution in [3.8, 4) is 0 Å². The molecule has 1 aliphatic rings. The van der Waals surface area contributed by atoms with Crippen LogP contribution in [0.25, 0.3) is 0 Å². The summed E-state index contributed by atoms with van der Waals surface area (Å²) in [6, 6.07) is 0.564. The molecular formula is C17H36N2O. The van der Waals surface area contributed by atoms with Crippen LogP contribution >= 0.6 is 0 Å². The molecule has 0 aliphatic heterocycles. The van der Waals surface area contributed by atoms with Crippen LogP contribution in [-0.4, -0.2) is 47.8 Å². The predicted molar refractivity (Wildman–Crippen MR) is 87.1 cm³/mol. The molecular weight excluding hydrogens is 248 g/mol. The Balaban J connectivity index is 2.63. The molecule has 0 spiro atoms. The van der Waals surface area contributed by atoms with Crippen LogP contribution in [0, 0.1) is 5.41 Å². The van der Waals surface area contributed by atoms with E-state index in [1.165, 1.54) is 32.2 Å². The van der Waals surface area contributed by atoms with Gasteiger partial charge >= 0.3 is 0 Å². The van der Waals surface area contributed by atoms with Crippen LogP contribution in [0.1, 0.15) is 66.7 Å². The summed E-state index contributed by atoms with van der Waals surface area (Å²) in [4.78, 5) is 2.56. The van der Waals surface area contributed by atoms with E-state index in [4.69, 9.17) is 5.11 Å². The maximum absolute atomic E-state index is 9.09. The summed E-state index contributed by atoms with van der Waals surface area (Å²) in [5.74, 6) is 0. The number of aliphatic hydroxyl groups excluding tert-OH is 1. The molecule has 120 valence electrons. The predicted octanol–water partition coefficient (Wildman–Crippen LogP) is 3.03. The van der Waals surface area contributed by atoms with Crippen LogP contribution in [0.4, 0.5) is 0 Å². The monoisotopic (exact) mass is 284 g/mol. The minimum absolute atomic E-state index is 0.198. The molecule has 1 rings (SSSR count). The lowest BCUT2D eigenvalue weighted by atomic mass is 9.84. The summed E-state index contributed by atoms with van der Waals surface area (Å²) in [5, 5.41) is 12.8. The van der Waals surface area contributed by atoms with Gasteiger partial charge in [-0.15, -0.1) is 0 Å². The van der Waals surface area contributed by atoms with Gasteiger partial charge in [-0.1, -0.05) is 12.8 Å². The van der Waals surface area contributed by atoms with E-state index in [1.54, 1.807) is 0 Å². The molecule has 0 aromatic heterocycles. The molecule has 0 heterocycles. The molecule has 0 unspecified atom stereocenters. The summed E-state index contributed by atoms with van der Waals surface area (Å²) < 4.78 is 0. The van der Waals surface area contributed by atoms with E-state index in [0.717, 1.165) is 19.5 Å². The number of hydrogen-bond donors (Lipinski definition) is 2. The van der Waals surface area contributed by atoms with E-state index < -0.39 is 0 Å². The van der Waals surface area contributed by atoms with Crippen LogP contribution < -0.4 is 5.32 Å². The molecule has 0 aromatic rings. The van der Waals surface area contributed by atoms with Crippen LogP contribution in [0.3, 0.4) is 0 Å². The fourth-order valence-electron chi connectivity index (χ4n) is 3.19. The van der Waals surface area contributed by atoms with Crippen molar-refractivity contribution in [1.29, 1.82) is 0 Å². The van der Waals surface area contributed by atoms with Gasteiger partial charge in [-0.3, -0.25) is 0 Å². The first-order chi connectivity index (χ1) is 9.28. The van der Waals surface area contributed by atoms with Crippen molar-refractivity contribution in [2.45, 2.75) is 78.3 Å². The molecule has 3 heteroatoms. The van der Waals surface area contributed by atoms with Crippen molar-refractivity contribution in [2.75, 3.05) is 26.2 Å². The van der Waals surface area contributed by atoms with E-state index in [0.29, 0.717) is 18.1 Å². The van der Waals surface area contributed by atoms with Crippen LogP contribution in [-0.2, 0) is 0 Å². The molecule has 20 heavy (non-hydrogen) atoms. The first kappa shape index (κ1) is 17.9. The average molecular weight is 284 g/mol. The molecule has 0 bridgehead atoms. The lowest BCUT2D eigenvalue weighted by Gasteiger charge is -2.39. The largest absolute Gasteiger partial charge is 0.396 e. The van der Waals surface area contributed by atoms with Gasteiger partial charge in [0.15, 0.2) is 0 Å². The molecule has 1 fully saturated rings. The molecule has 1 aliphatic carbocycles. The molecule has 3 nitrogen and oxygen atoms in total. The third-order valence-corrected chi connectivity index (χ3v) is 4.53. The van der Waals surface area contributed by atoms with Gasteiger partial charge in [0, 0.05) is 37.8 Å². The Hall–Kier alpha value is -0.120. The molecule has 0 aromatic carbocycles. The number of aliphatic hydroxyl groups is 1. The standard InChI is InChI=1S/C17H36N2O/c1-15(2)19(11-8-12-20)14-17(9-6-7-10-17)13-18-16(3,4)5/h15,18,20H,6-14H2,1-5H3. The van der Waals surface area contributed by atoms with Gasteiger partial charge in [0.05, 0.1) is 0 Å². The minimum Gasteiger partial charge on any atom is -0.396 e. The zero-order chi connectivity index (χ0) is 15.2. The highest BCUT2D eigenvalue weighted by Gasteiger charge is 2.36. The summed E-state index contributed by atoms with van der Waals surface area (Å²) in [6.45, 7) is 14.9. The third kappa shape index (κ3) is 6.11. The fraction of sp³-hybridized carbons (Fsp3) is 1.00. The van der Waals surface area contributed by atoms with Crippen molar-refractivity contribution in [2.24, 2.45) is 5.41 Å². The fourth-order valence-corrected chi connectivity index (χ4v) is 3.19. The van der Waals surface area contributed by atoms with Crippen molar-refractivity contribution in [1.82, 2.24) is 10.2 Å². The Morgan fingerprint density at radius 3 is 2.25 bits per heavy atom. The molecule has 0 amide bonds. The molecule has 0 radical (unpaired) electrons. The van der Waals surface area contributed by atoms with Crippen LogP contribution in [0.5, 0.6) is 0 Å². The Kier molecular flexibility index (Phi) is 6.96. The lowest BCUT2D eigenvalue weighted by molar-refractivity contribution is 0.107. The van der Waals surface area contributed by atoms with Crippen molar-refractivity contribution in [3.63, 3.8) is 0 Å².